The highest BCUT2D eigenvalue weighted by Crippen LogP contribution is 2.32. The zero-order valence-electron chi connectivity index (χ0n) is 14.9. The van der Waals surface area contributed by atoms with Crippen molar-refractivity contribution in [3.63, 3.8) is 0 Å². The van der Waals surface area contributed by atoms with Crippen LogP contribution < -0.4 is 5.32 Å². The summed E-state index contributed by atoms with van der Waals surface area (Å²) in [5.41, 5.74) is 2.97. The number of aryl methyl sites for hydroxylation is 1. The Morgan fingerprint density at radius 3 is 2.50 bits per heavy atom. The Labute approximate surface area is 164 Å². The van der Waals surface area contributed by atoms with E-state index in [2.05, 4.69) is 15.3 Å². The molecular formula is C21H16FN3O2S. The van der Waals surface area contributed by atoms with Gasteiger partial charge in [0.15, 0.2) is 5.82 Å². The first kappa shape index (κ1) is 18.1. The third-order valence-electron chi connectivity index (χ3n) is 4.38. The molecule has 0 aliphatic heterocycles. The molecule has 0 atom stereocenters. The van der Waals surface area contributed by atoms with Crippen molar-refractivity contribution in [1.29, 1.82) is 0 Å². The van der Waals surface area contributed by atoms with E-state index in [-0.39, 0.29) is 11.4 Å². The summed E-state index contributed by atoms with van der Waals surface area (Å²) in [6.07, 6.45) is 0. The molecule has 7 heteroatoms. The number of anilines is 1. The van der Waals surface area contributed by atoms with Gasteiger partial charge in [-0.3, -0.25) is 0 Å². The zero-order chi connectivity index (χ0) is 19.7. The number of carboxylic acid groups (broad SMARTS) is 1. The average molecular weight is 393 g/mol. The van der Waals surface area contributed by atoms with Crippen molar-refractivity contribution in [2.75, 3.05) is 5.32 Å². The second-order valence-electron chi connectivity index (χ2n) is 6.36. The number of fused-ring (bicyclic) bond motifs is 1. The first-order valence-electron chi connectivity index (χ1n) is 8.59. The fourth-order valence-corrected chi connectivity index (χ4v) is 3.81. The van der Waals surface area contributed by atoms with Gasteiger partial charge in [0, 0.05) is 12.1 Å². The van der Waals surface area contributed by atoms with E-state index in [4.69, 9.17) is 5.11 Å². The Bertz CT molecular complexity index is 1150. The van der Waals surface area contributed by atoms with E-state index in [1.807, 2.05) is 12.3 Å². The molecule has 28 heavy (non-hydrogen) atoms. The van der Waals surface area contributed by atoms with Crippen LogP contribution in [0.15, 0.2) is 53.9 Å². The first-order chi connectivity index (χ1) is 13.5. The summed E-state index contributed by atoms with van der Waals surface area (Å²) in [7, 11) is 0. The Kier molecular flexibility index (Phi) is 4.75. The van der Waals surface area contributed by atoms with Crippen molar-refractivity contribution in [3.05, 3.63) is 76.4 Å². The summed E-state index contributed by atoms with van der Waals surface area (Å²) in [5.74, 6) is -0.0225. The maximum atomic E-state index is 13.1. The lowest BCUT2D eigenvalue weighted by Gasteiger charge is -2.10. The fraction of sp³-hybridized carbons (Fsp3) is 0.0952. The van der Waals surface area contributed by atoms with Gasteiger partial charge in [0.1, 0.15) is 16.5 Å². The predicted octanol–water partition coefficient (Wildman–Crippen LogP) is 5.12. The number of thiophene rings is 1. The van der Waals surface area contributed by atoms with Crippen molar-refractivity contribution >= 4 is 33.3 Å². The lowest BCUT2D eigenvalue weighted by Crippen LogP contribution is -2.04. The molecule has 2 aromatic carbocycles. The number of nitrogens with zero attached hydrogens (tertiary/aromatic N) is 2. The lowest BCUT2D eigenvalue weighted by atomic mass is 10.1. The normalized spacial score (nSPS) is 10.9. The van der Waals surface area contributed by atoms with Crippen LogP contribution in [0.25, 0.3) is 21.6 Å². The van der Waals surface area contributed by atoms with Gasteiger partial charge in [-0.2, -0.15) is 0 Å². The van der Waals surface area contributed by atoms with Crippen molar-refractivity contribution in [2.45, 2.75) is 13.5 Å². The molecule has 2 N–H and O–H groups in total. The molecule has 2 heterocycles. The lowest BCUT2D eigenvalue weighted by molar-refractivity contribution is 0.0697. The Balaban J connectivity index is 1.71. The molecule has 4 aromatic rings. The Hall–Kier alpha value is -3.32. The van der Waals surface area contributed by atoms with Gasteiger partial charge in [-0.1, -0.05) is 24.3 Å². The largest absolute Gasteiger partial charge is 0.478 e. The standard InChI is InChI=1S/C21H16FN3O2S/c1-12-11-28-20-17(12)19(23-10-13-2-8-16(22)9-3-13)24-18(25-20)14-4-6-15(7-5-14)21(26)27/h2-9,11H,10H2,1H3,(H,26,27)(H,23,24,25). The third-order valence-corrected chi connectivity index (χ3v) is 5.37. The highest BCUT2D eigenvalue weighted by molar-refractivity contribution is 7.17. The summed E-state index contributed by atoms with van der Waals surface area (Å²) in [6.45, 7) is 2.51. The van der Waals surface area contributed by atoms with Crippen molar-refractivity contribution in [1.82, 2.24) is 9.97 Å². The van der Waals surface area contributed by atoms with Gasteiger partial charge in [-0.25, -0.2) is 19.2 Å². The van der Waals surface area contributed by atoms with Gasteiger partial charge in [0.2, 0.25) is 0 Å². The predicted molar refractivity (Wildman–Crippen MR) is 108 cm³/mol. The highest BCUT2D eigenvalue weighted by Gasteiger charge is 2.14. The number of hydrogen-bond donors (Lipinski definition) is 2. The SMILES string of the molecule is Cc1csc2nc(-c3ccc(C(=O)O)cc3)nc(NCc3ccc(F)cc3)c12. The van der Waals surface area contributed by atoms with Gasteiger partial charge in [-0.05, 0) is 47.7 Å². The van der Waals surface area contributed by atoms with E-state index in [9.17, 15) is 9.18 Å². The highest BCUT2D eigenvalue weighted by atomic mass is 32.1. The van der Waals surface area contributed by atoms with Crippen molar-refractivity contribution in [2.24, 2.45) is 0 Å². The summed E-state index contributed by atoms with van der Waals surface area (Å²) < 4.78 is 13.1. The number of halogens is 1. The van der Waals surface area contributed by atoms with Crippen LogP contribution in [0.3, 0.4) is 0 Å². The molecule has 5 nitrogen and oxygen atoms in total. The van der Waals surface area contributed by atoms with Crippen LogP contribution in [-0.4, -0.2) is 21.0 Å². The summed E-state index contributed by atoms with van der Waals surface area (Å²) in [4.78, 5) is 21.2. The number of aromatic nitrogens is 2. The van der Waals surface area contributed by atoms with Gasteiger partial charge in [0.05, 0.1) is 10.9 Å². The van der Waals surface area contributed by atoms with Gasteiger partial charge in [-0.15, -0.1) is 11.3 Å². The Morgan fingerprint density at radius 2 is 1.82 bits per heavy atom. The topological polar surface area (TPSA) is 75.1 Å². The minimum Gasteiger partial charge on any atom is -0.478 e. The summed E-state index contributed by atoms with van der Waals surface area (Å²) in [5, 5.41) is 15.4. The summed E-state index contributed by atoms with van der Waals surface area (Å²) in [6, 6.07) is 12.8. The van der Waals surface area contributed by atoms with E-state index >= 15 is 0 Å². The molecular weight excluding hydrogens is 377 g/mol. The molecule has 140 valence electrons. The van der Waals surface area contributed by atoms with Gasteiger partial charge in [0.25, 0.3) is 0 Å². The number of hydrogen-bond acceptors (Lipinski definition) is 5. The van der Waals surface area contributed by atoms with E-state index in [1.165, 1.54) is 35.6 Å². The number of rotatable bonds is 5. The number of aromatic carboxylic acids is 1. The van der Waals surface area contributed by atoms with E-state index in [0.29, 0.717) is 18.2 Å². The Morgan fingerprint density at radius 1 is 1.11 bits per heavy atom. The van der Waals surface area contributed by atoms with Crippen molar-refractivity contribution in [3.8, 4) is 11.4 Å². The van der Waals surface area contributed by atoms with Crippen LogP contribution in [-0.2, 0) is 6.54 Å². The van der Waals surface area contributed by atoms with Crippen LogP contribution in [0.4, 0.5) is 10.2 Å². The molecule has 0 aliphatic carbocycles. The monoisotopic (exact) mass is 393 g/mol. The molecule has 0 unspecified atom stereocenters. The van der Waals surface area contributed by atoms with Gasteiger partial charge >= 0.3 is 5.97 Å². The average Bonchev–Trinajstić information content (AvgIpc) is 3.08. The molecule has 2 aromatic heterocycles. The van der Waals surface area contributed by atoms with Crippen molar-refractivity contribution < 1.29 is 14.3 Å². The molecule has 0 spiro atoms. The first-order valence-corrected chi connectivity index (χ1v) is 9.47. The molecule has 0 radical (unpaired) electrons. The maximum absolute atomic E-state index is 13.1. The van der Waals surface area contributed by atoms with E-state index in [0.717, 1.165) is 26.9 Å². The molecule has 0 aliphatic rings. The molecule has 0 fully saturated rings. The molecule has 4 rings (SSSR count). The fourth-order valence-electron chi connectivity index (χ4n) is 2.89. The minimum atomic E-state index is -0.974. The van der Waals surface area contributed by atoms with E-state index < -0.39 is 5.97 Å². The quantitative estimate of drug-likeness (QED) is 0.492. The number of carbonyl (C=O) groups is 1. The second kappa shape index (κ2) is 7.36. The van der Waals surface area contributed by atoms with E-state index in [1.54, 1.807) is 24.3 Å². The maximum Gasteiger partial charge on any atom is 0.335 e. The molecule has 0 saturated heterocycles. The number of nitrogens with one attached hydrogen (secondary N) is 1. The van der Waals surface area contributed by atoms with Crippen LogP contribution in [0.2, 0.25) is 0 Å². The van der Waals surface area contributed by atoms with Crippen LogP contribution >= 0.6 is 11.3 Å². The molecule has 0 amide bonds. The molecule has 0 saturated carbocycles. The van der Waals surface area contributed by atoms with Gasteiger partial charge < -0.3 is 10.4 Å². The van der Waals surface area contributed by atoms with Crippen LogP contribution in [0, 0.1) is 12.7 Å². The zero-order valence-corrected chi connectivity index (χ0v) is 15.8. The third kappa shape index (κ3) is 3.57. The minimum absolute atomic E-state index is 0.214. The number of benzene rings is 2. The smallest absolute Gasteiger partial charge is 0.335 e. The number of carboxylic acids is 1. The van der Waals surface area contributed by atoms with Crippen LogP contribution in [0.5, 0.6) is 0 Å². The van der Waals surface area contributed by atoms with Crippen LogP contribution in [0.1, 0.15) is 21.5 Å². The molecule has 0 bridgehead atoms. The second-order valence-corrected chi connectivity index (χ2v) is 7.22. The summed E-state index contributed by atoms with van der Waals surface area (Å²) >= 11 is 1.53.